The standard InChI is InChI=1S/C20H29N2P/c1-6-23(7-2)19(3,4)14-20(5)21-16-12-8-10-15-11-9-13-17(22-20)18(15)16/h8-13,21-22H,6-7,14H2,1-5H3. The van der Waals surface area contributed by atoms with Gasteiger partial charge >= 0.3 is 0 Å². The molecular weight excluding hydrogens is 299 g/mol. The van der Waals surface area contributed by atoms with Crippen LogP contribution in [0.15, 0.2) is 36.4 Å². The first-order chi connectivity index (χ1) is 10.9. The molecule has 23 heavy (non-hydrogen) atoms. The van der Waals surface area contributed by atoms with E-state index < -0.39 is 0 Å². The summed E-state index contributed by atoms with van der Waals surface area (Å²) in [7, 11) is 0.0523. The molecule has 2 aromatic rings. The van der Waals surface area contributed by atoms with Crippen LogP contribution in [0.3, 0.4) is 0 Å². The van der Waals surface area contributed by atoms with E-state index in [1.807, 2.05) is 0 Å². The lowest BCUT2D eigenvalue weighted by molar-refractivity contribution is 0.460. The highest BCUT2D eigenvalue weighted by Gasteiger charge is 2.38. The second-order valence-corrected chi connectivity index (χ2v) is 11.0. The minimum absolute atomic E-state index is 0.0523. The first-order valence-corrected chi connectivity index (χ1v) is 10.4. The van der Waals surface area contributed by atoms with Gasteiger partial charge in [-0.25, -0.2) is 0 Å². The molecule has 1 aliphatic rings. The molecule has 0 fully saturated rings. The molecule has 0 unspecified atom stereocenters. The van der Waals surface area contributed by atoms with Crippen LogP contribution in [0.25, 0.3) is 10.8 Å². The fourth-order valence-electron chi connectivity index (χ4n) is 4.32. The summed E-state index contributed by atoms with van der Waals surface area (Å²) in [5.74, 6) is 0. The van der Waals surface area contributed by atoms with Gasteiger partial charge in [0.15, 0.2) is 0 Å². The number of anilines is 2. The van der Waals surface area contributed by atoms with Gasteiger partial charge in [-0.1, -0.05) is 52.0 Å². The van der Waals surface area contributed by atoms with Crippen LogP contribution in [-0.2, 0) is 0 Å². The lowest BCUT2D eigenvalue weighted by atomic mass is 9.93. The van der Waals surface area contributed by atoms with Crippen LogP contribution in [0, 0.1) is 0 Å². The van der Waals surface area contributed by atoms with Crippen molar-refractivity contribution in [2.45, 2.75) is 51.9 Å². The summed E-state index contributed by atoms with van der Waals surface area (Å²) < 4.78 is 0. The van der Waals surface area contributed by atoms with Crippen molar-refractivity contribution >= 4 is 30.1 Å². The second-order valence-electron chi connectivity index (χ2n) is 7.45. The molecular formula is C20H29N2P. The number of hydrogen-bond acceptors (Lipinski definition) is 2. The predicted octanol–water partition coefficient (Wildman–Crippen LogP) is 6.08. The van der Waals surface area contributed by atoms with Crippen molar-refractivity contribution < 1.29 is 0 Å². The highest BCUT2D eigenvalue weighted by Crippen LogP contribution is 2.53. The van der Waals surface area contributed by atoms with Gasteiger partial charge in [0.25, 0.3) is 0 Å². The molecule has 0 spiro atoms. The summed E-state index contributed by atoms with van der Waals surface area (Å²) in [6.45, 7) is 11.9. The van der Waals surface area contributed by atoms with Gasteiger partial charge in [0.1, 0.15) is 5.66 Å². The van der Waals surface area contributed by atoms with E-state index in [1.165, 1.54) is 34.5 Å². The van der Waals surface area contributed by atoms with Crippen molar-refractivity contribution in [3.8, 4) is 0 Å². The molecule has 0 amide bonds. The molecule has 2 N–H and O–H groups in total. The summed E-state index contributed by atoms with van der Waals surface area (Å²) in [6.07, 6.45) is 3.74. The Balaban J connectivity index is 1.94. The smallest absolute Gasteiger partial charge is 0.106 e. The Morgan fingerprint density at radius 1 is 0.957 bits per heavy atom. The van der Waals surface area contributed by atoms with Crippen LogP contribution in [0.1, 0.15) is 41.0 Å². The van der Waals surface area contributed by atoms with E-state index in [-0.39, 0.29) is 13.6 Å². The summed E-state index contributed by atoms with van der Waals surface area (Å²) in [4.78, 5) is 0. The van der Waals surface area contributed by atoms with Crippen LogP contribution in [-0.4, -0.2) is 23.1 Å². The monoisotopic (exact) mass is 328 g/mol. The molecule has 0 saturated carbocycles. The number of nitrogens with one attached hydrogen (secondary N) is 2. The number of rotatable bonds is 5. The van der Waals surface area contributed by atoms with Crippen molar-refractivity contribution in [2.24, 2.45) is 0 Å². The highest BCUT2D eigenvalue weighted by atomic mass is 31.1. The first-order valence-electron chi connectivity index (χ1n) is 8.72. The van der Waals surface area contributed by atoms with Crippen LogP contribution in [0.5, 0.6) is 0 Å². The molecule has 1 heterocycles. The third-order valence-corrected chi connectivity index (χ3v) is 8.53. The molecule has 2 nitrogen and oxygen atoms in total. The lowest BCUT2D eigenvalue weighted by Crippen LogP contribution is -2.49. The summed E-state index contributed by atoms with van der Waals surface area (Å²) >= 11 is 0. The van der Waals surface area contributed by atoms with Gasteiger partial charge in [0.2, 0.25) is 0 Å². The third kappa shape index (κ3) is 3.06. The van der Waals surface area contributed by atoms with Gasteiger partial charge in [-0.05, 0) is 48.3 Å². The molecule has 0 aliphatic carbocycles. The number of benzene rings is 2. The quantitative estimate of drug-likeness (QED) is 0.650. The average molecular weight is 328 g/mol. The fraction of sp³-hybridized carbons (Fsp3) is 0.500. The Hall–Kier alpha value is -1.27. The molecule has 124 valence electrons. The van der Waals surface area contributed by atoms with E-state index in [1.54, 1.807) is 0 Å². The van der Waals surface area contributed by atoms with Gasteiger partial charge < -0.3 is 10.6 Å². The normalized spacial score (nSPS) is 16.3. The Morgan fingerprint density at radius 3 is 1.96 bits per heavy atom. The average Bonchev–Trinajstić information content (AvgIpc) is 2.47. The third-order valence-electron chi connectivity index (χ3n) is 5.13. The molecule has 0 bridgehead atoms. The van der Waals surface area contributed by atoms with Crippen LogP contribution in [0.2, 0.25) is 0 Å². The topological polar surface area (TPSA) is 24.1 Å². The first kappa shape index (κ1) is 16.6. The Morgan fingerprint density at radius 2 is 1.48 bits per heavy atom. The van der Waals surface area contributed by atoms with E-state index in [0.717, 1.165) is 6.42 Å². The summed E-state index contributed by atoms with van der Waals surface area (Å²) in [5.41, 5.74) is 2.41. The van der Waals surface area contributed by atoms with Gasteiger partial charge in [-0.15, -0.1) is 7.92 Å². The van der Waals surface area contributed by atoms with Gasteiger partial charge in [-0.2, -0.15) is 0 Å². The summed E-state index contributed by atoms with van der Waals surface area (Å²) in [6, 6.07) is 13.1. The lowest BCUT2D eigenvalue weighted by Gasteiger charge is -2.46. The zero-order valence-electron chi connectivity index (χ0n) is 15.0. The molecule has 3 rings (SSSR count). The van der Waals surface area contributed by atoms with Crippen LogP contribution in [0.4, 0.5) is 11.4 Å². The van der Waals surface area contributed by atoms with Crippen LogP contribution < -0.4 is 10.6 Å². The Bertz CT molecular complexity index is 663. The molecule has 1 aliphatic heterocycles. The molecule has 0 radical (unpaired) electrons. The maximum Gasteiger partial charge on any atom is 0.106 e. The van der Waals surface area contributed by atoms with Gasteiger partial charge in [0, 0.05) is 16.8 Å². The molecule has 0 saturated heterocycles. The van der Waals surface area contributed by atoms with E-state index in [9.17, 15) is 0 Å². The van der Waals surface area contributed by atoms with E-state index >= 15 is 0 Å². The van der Waals surface area contributed by atoms with E-state index in [4.69, 9.17) is 0 Å². The maximum absolute atomic E-state index is 3.80. The minimum atomic E-state index is -0.100. The predicted molar refractivity (Wildman–Crippen MR) is 106 cm³/mol. The minimum Gasteiger partial charge on any atom is -0.362 e. The Kier molecular flexibility index (Phi) is 4.31. The fourth-order valence-corrected chi connectivity index (χ4v) is 7.02. The zero-order valence-corrected chi connectivity index (χ0v) is 15.9. The molecule has 3 heteroatoms. The van der Waals surface area contributed by atoms with Crippen molar-refractivity contribution in [3.63, 3.8) is 0 Å². The van der Waals surface area contributed by atoms with Crippen molar-refractivity contribution in [1.82, 2.24) is 0 Å². The molecule has 0 aromatic heterocycles. The maximum atomic E-state index is 3.80. The largest absolute Gasteiger partial charge is 0.362 e. The summed E-state index contributed by atoms with van der Waals surface area (Å²) in [5, 5.41) is 10.6. The number of hydrogen-bond donors (Lipinski definition) is 2. The van der Waals surface area contributed by atoms with Gasteiger partial charge in [-0.3, -0.25) is 0 Å². The Labute approximate surface area is 141 Å². The SMILES string of the molecule is CCP(CC)C(C)(C)CC1(C)Nc2cccc3cccc(c23)N1. The second kappa shape index (κ2) is 5.98. The zero-order chi connectivity index (χ0) is 16.7. The van der Waals surface area contributed by atoms with Crippen molar-refractivity contribution in [2.75, 3.05) is 23.0 Å². The van der Waals surface area contributed by atoms with E-state index in [2.05, 4.69) is 81.7 Å². The van der Waals surface area contributed by atoms with E-state index in [0.29, 0.717) is 5.16 Å². The van der Waals surface area contributed by atoms with Gasteiger partial charge in [0.05, 0.1) is 0 Å². The van der Waals surface area contributed by atoms with Crippen LogP contribution >= 0.6 is 7.92 Å². The van der Waals surface area contributed by atoms with Crippen molar-refractivity contribution in [3.05, 3.63) is 36.4 Å². The molecule has 2 aromatic carbocycles. The van der Waals surface area contributed by atoms with Crippen molar-refractivity contribution in [1.29, 1.82) is 0 Å². The highest BCUT2D eigenvalue weighted by molar-refractivity contribution is 7.59. The molecule has 0 atom stereocenters.